The minimum atomic E-state index is -0.969. The average Bonchev–Trinajstić information content (AvgIpc) is 1.63. The molecule has 4 saturated carbocycles. The van der Waals surface area contributed by atoms with Gasteiger partial charge in [0.1, 0.15) is 87.6 Å². The van der Waals surface area contributed by atoms with Crippen molar-refractivity contribution in [3.8, 4) is 5.75 Å². The third kappa shape index (κ3) is 30.5. The van der Waals surface area contributed by atoms with Gasteiger partial charge in [0, 0.05) is 120 Å². The number of carbonyl (C=O) groups is 15. The molecule has 124 heavy (non-hydrogen) atoms. The minimum Gasteiger partial charge on any atom is -0.496 e. The van der Waals surface area contributed by atoms with E-state index in [4.69, 9.17) is 53.5 Å². The summed E-state index contributed by atoms with van der Waals surface area (Å²) < 4.78 is 56.2. The molecule has 3 spiro atoms. The molecule has 7 heterocycles. The number of carboxylic acids is 2. The molecular formula is C88H134N8O28. The lowest BCUT2D eigenvalue weighted by molar-refractivity contribution is -0.146. The van der Waals surface area contributed by atoms with E-state index >= 15 is 0 Å². The second kappa shape index (κ2) is 46.2. The van der Waals surface area contributed by atoms with Gasteiger partial charge in [-0.3, -0.25) is 43.4 Å². The van der Waals surface area contributed by atoms with E-state index in [0.717, 1.165) is 121 Å². The summed E-state index contributed by atoms with van der Waals surface area (Å²) in [7, 11) is 6.68. The zero-order valence-electron chi connectivity index (χ0n) is 74.7. The maximum absolute atomic E-state index is 13.4. The lowest BCUT2D eigenvalue weighted by Crippen LogP contribution is -2.52. The predicted molar refractivity (Wildman–Crippen MR) is 447 cm³/mol. The number of ether oxygens (including phenoxy) is 11. The number of benzene rings is 1. The highest BCUT2D eigenvalue weighted by atomic mass is 16.6. The van der Waals surface area contributed by atoms with Gasteiger partial charge in [0.25, 0.3) is 0 Å². The van der Waals surface area contributed by atoms with Crippen LogP contribution in [0.1, 0.15) is 233 Å². The van der Waals surface area contributed by atoms with E-state index in [-0.39, 0.29) is 93.5 Å². The Balaban J connectivity index is 0.000000210. The third-order valence-corrected chi connectivity index (χ3v) is 24.4. The van der Waals surface area contributed by atoms with E-state index in [9.17, 15) is 77.0 Å². The van der Waals surface area contributed by atoms with E-state index in [2.05, 4.69) is 35.7 Å². The monoisotopic (exact) mass is 1750 g/mol. The van der Waals surface area contributed by atoms with Gasteiger partial charge >= 0.3 is 54.1 Å². The number of nitrogens with one attached hydrogen (secondary N) is 5. The number of nitrogens with zero attached hydrogens (tertiary/aromatic N) is 2. The molecule has 4 aliphatic carbocycles. The molecule has 1 aromatic carbocycles. The molecule has 11 atom stereocenters. The highest BCUT2D eigenvalue weighted by molar-refractivity contribution is 5.97. The Morgan fingerprint density at radius 1 is 0.500 bits per heavy atom. The molecule has 5 amide bonds. The number of aromatic nitrogens is 1. The van der Waals surface area contributed by atoms with Crippen LogP contribution in [0, 0.1) is 39.9 Å². The van der Waals surface area contributed by atoms with E-state index in [1.807, 2.05) is 12.1 Å². The smallest absolute Gasteiger partial charge is 0.411 e. The van der Waals surface area contributed by atoms with Crippen LogP contribution in [-0.2, 0) is 100 Å². The predicted octanol–water partition coefficient (Wildman–Crippen LogP) is 8.58. The van der Waals surface area contributed by atoms with Gasteiger partial charge in [0.15, 0.2) is 0 Å². The van der Waals surface area contributed by atoms with Crippen LogP contribution < -0.4 is 31.7 Å². The fourth-order valence-corrected chi connectivity index (χ4v) is 17.6. The number of Topliss-reactive ketones (excluding diaryl/α,β-unsaturated/α-hetero) is 4. The number of esters is 4. The van der Waals surface area contributed by atoms with E-state index in [1.165, 1.54) is 38.2 Å². The molecule has 36 nitrogen and oxygen atoms in total. The lowest BCUT2D eigenvalue weighted by atomic mass is 9.78. The first kappa shape index (κ1) is 102. The van der Waals surface area contributed by atoms with E-state index in [1.54, 1.807) is 81.6 Å². The number of H-pyrrole nitrogens is 1. The van der Waals surface area contributed by atoms with Crippen LogP contribution in [0.3, 0.4) is 0 Å². The number of fused-ring (bicyclic) bond motifs is 1. The molecule has 6 saturated heterocycles. The number of aliphatic carboxylic acids is 1. The van der Waals surface area contributed by atoms with E-state index in [0.29, 0.717) is 103 Å². The quantitative estimate of drug-likeness (QED) is 0.0454. The van der Waals surface area contributed by atoms with Gasteiger partial charge in [-0.1, -0.05) is 6.07 Å². The van der Waals surface area contributed by atoms with Crippen LogP contribution in [0.15, 0.2) is 24.3 Å². The van der Waals surface area contributed by atoms with Crippen LogP contribution in [0.5, 0.6) is 5.75 Å². The van der Waals surface area contributed by atoms with E-state index < -0.39 is 113 Å². The molecule has 12 rings (SSSR count). The molecule has 10 fully saturated rings. The summed E-state index contributed by atoms with van der Waals surface area (Å²) in [5.74, 6) is -3.84. The number of rotatable bonds is 20. The number of methoxy groups -OCH3 is 5. The SMILES string of the molecule is CC(C)(C)OC(=O)N1CC2(CCOCC2)CC1C(=O)O.COC(=O)[C@@H](N)C[C@@H]1CCCC1=O.COC(=O)[C@H](C[C@@H]1CCCC1=O)NC(=O)C1CC2(CCOCC2)CN1.COC(=O)[C@H](C[C@@H]1CCCC1=O)NC(=O)C1CC2(CCOCC2)CN1C(=O)OC(C)(C)C.COC(=O)[C@H](C[C@@H]1CCCC1=O)NC(=O)OC(C)(C)C.COc1cccc2[nH]c(C(=O)O)cc12. The average molecular weight is 1750 g/mol. The van der Waals surface area contributed by atoms with Crippen molar-refractivity contribution >= 4 is 99.9 Å². The molecular weight excluding hydrogens is 1620 g/mol. The van der Waals surface area contributed by atoms with Gasteiger partial charge in [-0.25, -0.2) is 38.4 Å². The minimum absolute atomic E-state index is 0.0194. The van der Waals surface area contributed by atoms with Crippen molar-refractivity contribution in [3.63, 3.8) is 0 Å². The lowest BCUT2D eigenvalue weighted by Gasteiger charge is -2.33. The van der Waals surface area contributed by atoms with Crippen LogP contribution in [-0.4, -0.2) is 268 Å². The second-order valence-electron chi connectivity index (χ2n) is 37.1. The Morgan fingerprint density at radius 2 is 0.879 bits per heavy atom. The molecule has 36 heteroatoms. The number of hydrogen-bond donors (Lipinski definition) is 8. The summed E-state index contributed by atoms with van der Waals surface area (Å²) >= 11 is 0. The molecule has 9 N–H and O–H groups in total. The van der Waals surface area contributed by atoms with Crippen LogP contribution in [0.4, 0.5) is 14.4 Å². The zero-order valence-corrected chi connectivity index (χ0v) is 74.7. The Labute approximate surface area is 725 Å². The normalized spacial score (nSPS) is 23.9. The van der Waals surface area contributed by atoms with Gasteiger partial charge in [-0.05, 0) is 232 Å². The molecule has 0 bridgehead atoms. The molecule has 1 aromatic heterocycles. The number of aromatic carboxylic acids is 1. The molecule has 0 radical (unpaired) electrons. The van der Waals surface area contributed by atoms with Crippen molar-refractivity contribution in [1.82, 2.24) is 36.1 Å². The number of alkyl carbamates (subject to hydrolysis) is 1. The summed E-state index contributed by atoms with van der Waals surface area (Å²) in [4.78, 5) is 185. The summed E-state index contributed by atoms with van der Waals surface area (Å²) in [6.07, 6.45) is 15.1. The highest BCUT2D eigenvalue weighted by Crippen LogP contribution is 2.46. The molecule has 2 aromatic rings. The number of aromatic amines is 1. The summed E-state index contributed by atoms with van der Waals surface area (Å²) in [5, 5.41) is 30.3. The number of carbonyl (C=O) groups excluding carboxylic acids is 13. The third-order valence-electron chi connectivity index (χ3n) is 24.4. The molecule has 694 valence electrons. The molecule has 3 unspecified atom stereocenters. The summed E-state index contributed by atoms with van der Waals surface area (Å²) in [6.45, 7) is 21.5. The number of nitrogens with two attached hydrogens (primary N) is 1. The van der Waals surface area contributed by atoms with Crippen molar-refractivity contribution in [3.05, 3.63) is 30.0 Å². The fourth-order valence-electron chi connectivity index (χ4n) is 17.6. The van der Waals surface area contributed by atoms with Gasteiger partial charge in [-0.15, -0.1) is 0 Å². The van der Waals surface area contributed by atoms with Gasteiger partial charge < -0.3 is 94.3 Å². The Morgan fingerprint density at radius 3 is 1.25 bits per heavy atom. The first-order valence-corrected chi connectivity index (χ1v) is 43.2. The maximum Gasteiger partial charge on any atom is 0.411 e. The number of hydrogen-bond acceptors (Lipinski definition) is 28. The Bertz CT molecular complexity index is 4030. The zero-order chi connectivity index (χ0) is 91.7. The molecule has 10 aliphatic rings. The van der Waals surface area contributed by atoms with Crippen molar-refractivity contribution in [2.75, 3.05) is 94.8 Å². The van der Waals surface area contributed by atoms with Crippen LogP contribution in [0.25, 0.3) is 10.9 Å². The van der Waals surface area contributed by atoms with Crippen molar-refractivity contribution in [1.29, 1.82) is 0 Å². The maximum atomic E-state index is 13.4. The van der Waals surface area contributed by atoms with Crippen LogP contribution >= 0.6 is 0 Å². The Hall–Kier alpha value is -9.39. The first-order valence-electron chi connectivity index (χ1n) is 43.2. The highest BCUT2D eigenvalue weighted by Gasteiger charge is 2.53. The number of likely N-dealkylation sites (tertiary alicyclic amines) is 2. The summed E-state index contributed by atoms with van der Waals surface area (Å²) in [5.41, 5.74) is 4.31. The standard InChI is InChI=1S/C23H36N2O7.C18H28N2O5.2C14H23NO5.C10H9NO3.C9H15NO3/c1-22(2,3)32-21(29)25-14-23(8-10-31-11-9-23)13-17(25)19(27)24-16(20(28)30-4)12-15-6-5-7-18(15)26;1-24-17(23)13(9-12-3-2-4-15(12)21)20-16(22)14-10-18(11-19-14)5-7-25-8-6-18;1-13(2,3)20-12(18)15-9-14(4-6-19-7-5-14)8-10(15)11(16)17;1-14(2,3)20-13(18)15-10(12(17)19-4)8-9-6-5-7-11(9)16;1-14-9-4-2-3-7-6(9)5-8(11-7)10(12)13;1-13-9(12)7(10)5-6-3-2-4-8(6)11/h15-17H,5-14H2,1-4H3,(H,24,27);12-14,19H,2-11H2,1H3,(H,20,22);10H,4-9H2,1-3H3,(H,16,17);9-10H,5-8H2,1-4H3,(H,15,18);2-5,11H,1H3,(H,12,13);6-7H,2-5,10H2,1H3/t15-,16-,17?;12-,13-,14?;;9-,10-;;6-,7-/m00.0.0/s1. The molecule has 6 aliphatic heterocycles. The second-order valence-corrected chi connectivity index (χ2v) is 37.1. The number of ketones is 4. The largest absolute Gasteiger partial charge is 0.496 e. The topological polar surface area (TPSA) is 494 Å². The van der Waals surface area contributed by atoms with Gasteiger partial charge in [0.2, 0.25) is 11.8 Å². The number of amides is 5. The summed E-state index contributed by atoms with van der Waals surface area (Å²) in [6, 6.07) is 1.97. The van der Waals surface area contributed by atoms with Crippen LogP contribution in [0.2, 0.25) is 0 Å². The number of carboxylic acid groups (broad SMARTS) is 2. The van der Waals surface area contributed by atoms with Crippen molar-refractivity contribution in [2.24, 2.45) is 45.7 Å². The van der Waals surface area contributed by atoms with Gasteiger partial charge in [-0.2, -0.15) is 0 Å². The van der Waals surface area contributed by atoms with Crippen molar-refractivity contribution < 1.29 is 134 Å². The van der Waals surface area contributed by atoms with Gasteiger partial charge in [0.05, 0.1) is 41.6 Å². The van der Waals surface area contributed by atoms with Crippen molar-refractivity contribution in [2.45, 2.75) is 282 Å². The Kier molecular flexibility index (Phi) is 37.9. The first-order chi connectivity index (χ1) is 58.4. The fraction of sp³-hybridized carbons (Fsp3) is 0.739.